The van der Waals surface area contributed by atoms with Crippen LogP contribution in [-0.4, -0.2) is 57.9 Å². The minimum Gasteiger partial charge on any atom is -0.497 e. The summed E-state index contributed by atoms with van der Waals surface area (Å²) < 4.78 is 18.9. The van der Waals surface area contributed by atoms with Crippen molar-refractivity contribution in [3.05, 3.63) is 53.8 Å². The summed E-state index contributed by atoms with van der Waals surface area (Å²) in [6, 6.07) is 12.9. The van der Waals surface area contributed by atoms with Gasteiger partial charge in [-0.1, -0.05) is 23.7 Å². The smallest absolute Gasteiger partial charge is 0.138 e. The van der Waals surface area contributed by atoms with Gasteiger partial charge in [0.25, 0.3) is 0 Å². The zero-order chi connectivity index (χ0) is 20.4. The van der Waals surface area contributed by atoms with E-state index in [4.69, 9.17) is 25.8 Å². The number of hydrogen-bond acceptors (Lipinski definition) is 6. The van der Waals surface area contributed by atoms with E-state index in [0.29, 0.717) is 29.5 Å². The van der Waals surface area contributed by atoms with Gasteiger partial charge in [0.1, 0.15) is 35.9 Å². The van der Waals surface area contributed by atoms with Gasteiger partial charge in [0.15, 0.2) is 0 Å². The van der Waals surface area contributed by atoms with Crippen LogP contribution in [-0.2, 0) is 11.3 Å². The Morgan fingerprint density at radius 2 is 2.10 bits per heavy atom. The van der Waals surface area contributed by atoms with Crippen LogP contribution in [0.3, 0.4) is 0 Å². The lowest BCUT2D eigenvalue weighted by Gasteiger charge is -2.32. The maximum atomic E-state index is 10.6. The summed E-state index contributed by atoms with van der Waals surface area (Å²) in [6.07, 6.45) is 0.148. The quantitative estimate of drug-likeness (QED) is 0.613. The van der Waals surface area contributed by atoms with Crippen LogP contribution in [0.25, 0.3) is 11.0 Å². The monoisotopic (exact) mass is 418 g/mol. The fourth-order valence-corrected chi connectivity index (χ4v) is 3.85. The number of aliphatic hydroxyl groups excluding tert-OH is 2. The SMILES string of the molecule is COc1ccc(OC[C@@]2(CCn3cnc4ccccc43)OC[C@H](O)[C@H]2O)c(Cl)c1. The number of rotatable bonds is 7. The molecule has 4 rings (SSSR count). The summed E-state index contributed by atoms with van der Waals surface area (Å²) in [5, 5.41) is 21.1. The fraction of sp³-hybridized carbons (Fsp3) is 0.381. The molecule has 2 heterocycles. The average Bonchev–Trinajstić information content (AvgIpc) is 3.28. The van der Waals surface area contributed by atoms with Gasteiger partial charge in [-0.05, 0) is 24.3 Å². The number of fused-ring (bicyclic) bond motifs is 1. The Morgan fingerprint density at radius 3 is 2.83 bits per heavy atom. The molecule has 0 aliphatic carbocycles. The van der Waals surface area contributed by atoms with E-state index in [-0.39, 0.29) is 13.2 Å². The van der Waals surface area contributed by atoms with Gasteiger partial charge in [0.05, 0.1) is 36.1 Å². The molecule has 8 heteroatoms. The Balaban J connectivity index is 1.52. The third-order valence-corrected chi connectivity index (χ3v) is 5.65. The molecule has 3 atom stereocenters. The lowest BCUT2D eigenvalue weighted by atomic mass is 9.92. The van der Waals surface area contributed by atoms with Gasteiger partial charge >= 0.3 is 0 Å². The van der Waals surface area contributed by atoms with E-state index < -0.39 is 17.8 Å². The first kappa shape index (κ1) is 20.0. The molecule has 1 aliphatic heterocycles. The van der Waals surface area contributed by atoms with Crippen molar-refractivity contribution in [2.75, 3.05) is 20.3 Å². The Hall–Kier alpha value is -2.32. The molecule has 0 saturated carbocycles. The second-order valence-corrected chi connectivity index (χ2v) is 7.56. The molecule has 1 aromatic heterocycles. The maximum Gasteiger partial charge on any atom is 0.138 e. The summed E-state index contributed by atoms with van der Waals surface area (Å²) >= 11 is 6.26. The maximum absolute atomic E-state index is 10.6. The van der Waals surface area contributed by atoms with Crippen molar-refractivity contribution >= 4 is 22.6 Å². The van der Waals surface area contributed by atoms with Crippen molar-refractivity contribution in [3.63, 3.8) is 0 Å². The Bertz CT molecular complexity index is 994. The van der Waals surface area contributed by atoms with Crippen LogP contribution < -0.4 is 9.47 Å². The topological polar surface area (TPSA) is 86.0 Å². The van der Waals surface area contributed by atoms with Crippen LogP contribution in [0.4, 0.5) is 0 Å². The minimum atomic E-state index is -1.07. The lowest BCUT2D eigenvalue weighted by Crippen LogP contribution is -2.48. The van der Waals surface area contributed by atoms with Crippen molar-refractivity contribution in [1.82, 2.24) is 9.55 Å². The molecule has 0 spiro atoms. The third kappa shape index (κ3) is 3.91. The molecule has 3 aromatic rings. The molecule has 2 N–H and O–H groups in total. The van der Waals surface area contributed by atoms with Gasteiger partial charge < -0.3 is 29.0 Å². The largest absolute Gasteiger partial charge is 0.497 e. The molecule has 0 unspecified atom stereocenters. The average molecular weight is 419 g/mol. The van der Waals surface area contributed by atoms with Gasteiger partial charge in [-0.3, -0.25) is 0 Å². The van der Waals surface area contributed by atoms with E-state index in [1.54, 1.807) is 31.6 Å². The van der Waals surface area contributed by atoms with Gasteiger partial charge in [0, 0.05) is 19.0 Å². The summed E-state index contributed by atoms with van der Waals surface area (Å²) in [6.45, 7) is 0.638. The van der Waals surface area contributed by atoms with Gasteiger partial charge in [-0.2, -0.15) is 0 Å². The van der Waals surface area contributed by atoms with Gasteiger partial charge in [-0.25, -0.2) is 4.98 Å². The molecule has 1 saturated heterocycles. The lowest BCUT2D eigenvalue weighted by molar-refractivity contribution is -0.0955. The Labute approximate surface area is 173 Å². The molecule has 0 amide bonds. The molecular formula is C21H23ClN2O5. The van der Waals surface area contributed by atoms with Gasteiger partial charge in [0.2, 0.25) is 0 Å². The number of aliphatic hydroxyl groups is 2. The van der Waals surface area contributed by atoms with Crippen LogP contribution in [0.15, 0.2) is 48.8 Å². The number of imidazole rings is 1. The van der Waals surface area contributed by atoms with Crippen molar-refractivity contribution in [2.45, 2.75) is 30.8 Å². The minimum absolute atomic E-state index is 0.0455. The zero-order valence-electron chi connectivity index (χ0n) is 16.0. The molecule has 0 radical (unpaired) electrons. The van der Waals surface area contributed by atoms with Crippen LogP contribution in [0.5, 0.6) is 11.5 Å². The zero-order valence-corrected chi connectivity index (χ0v) is 16.7. The van der Waals surface area contributed by atoms with Crippen molar-refractivity contribution in [1.29, 1.82) is 0 Å². The van der Waals surface area contributed by atoms with Crippen LogP contribution >= 0.6 is 11.6 Å². The summed E-state index contributed by atoms with van der Waals surface area (Å²) in [5.74, 6) is 1.08. The standard InChI is InChI=1S/C21H23ClN2O5/c1-27-14-6-7-19(15(22)10-14)28-12-21(20(26)18(25)11-29-21)8-9-24-13-23-16-4-2-3-5-17(16)24/h2-7,10,13,18,20,25-26H,8-9,11-12H2,1H3/t18-,20+,21+/m0/s1. The summed E-state index contributed by atoms with van der Waals surface area (Å²) in [7, 11) is 1.56. The Morgan fingerprint density at radius 1 is 1.28 bits per heavy atom. The molecule has 1 aliphatic rings. The normalized spacial score (nSPS) is 24.1. The van der Waals surface area contributed by atoms with E-state index in [9.17, 15) is 10.2 Å². The number of nitrogens with zero attached hydrogens (tertiary/aromatic N) is 2. The number of para-hydroxylation sites is 2. The number of hydrogen-bond donors (Lipinski definition) is 2. The van der Waals surface area contributed by atoms with E-state index in [0.717, 1.165) is 11.0 Å². The first-order valence-electron chi connectivity index (χ1n) is 9.39. The first-order chi connectivity index (χ1) is 14.0. The second kappa shape index (κ2) is 8.20. The second-order valence-electron chi connectivity index (χ2n) is 7.15. The number of aryl methyl sites for hydroxylation is 1. The molecule has 7 nitrogen and oxygen atoms in total. The highest BCUT2D eigenvalue weighted by molar-refractivity contribution is 6.32. The van der Waals surface area contributed by atoms with Crippen molar-refractivity contribution in [2.24, 2.45) is 0 Å². The number of ether oxygens (including phenoxy) is 3. The van der Waals surface area contributed by atoms with Crippen LogP contribution in [0.1, 0.15) is 6.42 Å². The van der Waals surface area contributed by atoms with E-state index in [1.807, 2.05) is 28.8 Å². The number of aromatic nitrogens is 2. The summed E-state index contributed by atoms with van der Waals surface area (Å²) in [5.41, 5.74) is 0.833. The van der Waals surface area contributed by atoms with E-state index >= 15 is 0 Å². The molecule has 154 valence electrons. The fourth-order valence-electron chi connectivity index (χ4n) is 3.62. The summed E-state index contributed by atoms with van der Waals surface area (Å²) in [4.78, 5) is 4.39. The predicted molar refractivity (Wildman–Crippen MR) is 109 cm³/mol. The van der Waals surface area contributed by atoms with Crippen LogP contribution in [0.2, 0.25) is 5.02 Å². The Kier molecular flexibility index (Phi) is 5.65. The van der Waals surface area contributed by atoms with E-state index in [2.05, 4.69) is 4.98 Å². The van der Waals surface area contributed by atoms with Crippen molar-refractivity contribution in [3.8, 4) is 11.5 Å². The first-order valence-corrected chi connectivity index (χ1v) is 9.76. The van der Waals surface area contributed by atoms with Crippen molar-refractivity contribution < 1.29 is 24.4 Å². The highest BCUT2D eigenvalue weighted by Crippen LogP contribution is 2.34. The molecule has 2 aromatic carbocycles. The highest BCUT2D eigenvalue weighted by atomic mass is 35.5. The van der Waals surface area contributed by atoms with E-state index in [1.165, 1.54) is 0 Å². The molecule has 29 heavy (non-hydrogen) atoms. The predicted octanol–water partition coefficient (Wildman–Crippen LogP) is 2.66. The molecule has 0 bridgehead atoms. The number of methoxy groups -OCH3 is 1. The van der Waals surface area contributed by atoms with Crippen LogP contribution in [0, 0.1) is 0 Å². The number of benzene rings is 2. The number of halogens is 1. The molecular weight excluding hydrogens is 396 g/mol. The highest BCUT2D eigenvalue weighted by Gasteiger charge is 2.49. The third-order valence-electron chi connectivity index (χ3n) is 5.36. The molecule has 1 fully saturated rings. The van der Waals surface area contributed by atoms with Gasteiger partial charge in [-0.15, -0.1) is 0 Å².